The number of furan rings is 1. The Labute approximate surface area is 216 Å². The van der Waals surface area contributed by atoms with Crippen LogP contribution in [0.2, 0.25) is 0 Å². The zero-order chi connectivity index (χ0) is 26.4. The van der Waals surface area contributed by atoms with Crippen LogP contribution in [0.15, 0.2) is 83.3 Å². The first-order valence-electron chi connectivity index (χ1n) is 12.4. The van der Waals surface area contributed by atoms with Crippen LogP contribution in [0.1, 0.15) is 30.6 Å². The molecule has 3 aromatic carbocycles. The van der Waals surface area contributed by atoms with Crippen LogP contribution in [0.4, 0.5) is 5.69 Å². The van der Waals surface area contributed by atoms with Gasteiger partial charge in [-0.3, -0.25) is 9.59 Å². The van der Waals surface area contributed by atoms with Crippen molar-refractivity contribution in [3.63, 3.8) is 0 Å². The number of likely N-dealkylation sites (N-methyl/N-ethyl adjacent to an activating group) is 1. The van der Waals surface area contributed by atoms with Crippen LogP contribution < -0.4 is 15.0 Å². The van der Waals surface area contributed by atoms with E-state index in [0.717, 1.165) is 33.7 Å². The third kappa shape index (κ3) is 6.50. The fourth-order valence-corrected chi connectivity index (χ4v) is 4.20. The number of ether oxygens (including phenoxy) is 1. The largest absolute Gasteiger partial charge is 0.491 e. The molecule has 4 aromatic rings. The first-order valence-corrected chi connectivity index (χ1v) is 12.4. The summed E-state index contributed by atoms with van der Waals surface area (Å²) in [6.07, 6.45) is -0.106. The van der Waals surface area contributed by atoms with Gasteiger partial charge in [-0.05, 0) is 66.6 Å². The normalized spacial score (nSPS) is 11.9. The van der Waals surface area contributed by atoms with Gasteiger partial charge in [0.25, 0.3) is 5.91 Å². The van der Waals surface area contributed by atoms with E-state index in [1.165, 1.54) is 0 Å². The smallest absolute Gasteiger partial charge is 0.305 e. The molecule has 0 saturated heterocycles. The molecule has 2 N–H and O–H groups in total. The molecule has 0 spiro atoms. The minimum absolute atomic E-state index is 0.0990. The summed E-state index contributed by atoms with van der Waals surface area (Å²) < 4.78 is 12.1. The predicted octanol–water partition coefficient (Wildman–Crippen LogP) is 5.84. The Morgan fingerprint density at radius 1 is 1.00 bits per heavy atom. The van der Waals surface area contributed by atoms with Crippen LogP contribution in [0.5, 0.6) is 5.75 Å². The highest BCUT2D eigenvalue weighted by Crippen LogP contribution is 2.29. The maximum absolute atomic E-state index is 12.2. The summed E-state index contributed by atoms with van der Waals surface area (Å²) in [6.45, 7) is 4.90. The summed E-state index contributed by atoms with van der Waals surface area (Å²) in [5.41, 5.74) is 3.31. The molecular weight excluding hydrogens is 468 g/mol. The van der Waals surface area contributed by atoms with Gasteiger partial charge in [0.2, 0.25) is 0 Å². The Morgan fingerprint density at radius 3 is 2.35 bits per heavy atom. The van der Waals surface area contributed by atoms with Gasteiger partial charge in [-0.1, -0.05) is 32.0 Å². The van der Waals surface area contributed by atoms with Crippen molar-refractivity contribution < 1.29 is 23.8 Å². The topological polar surface area (TPSA) is 92.0 Å². The highest BCUT2D eigenvalue weighted by molar-refractivity contribution is 5.94. The van der Waals surface area contributed by atoms with Gasteiger partial charge in [0.05, 0.1) is 12.5 Å². The molecule has 1 heterocycles. The number of fused-ring (bicyclic) bond motifs is 1. The molecule has 0 aliphatic rings. The van der Waals surface area contributed by atoms with Crippen molar-refractivity contribution in [2.24, 2.45) is 5.92 Å². The summed E-state index contributed by atoms with van der Waals surface area (Å²) in [5, 5.41) is 12.4. The fraction of sp³-hybridized carbons (Fsp3) is 0.267. The second-order valence-electron chi connectivity index (χ2n) is 9.35. The van der Waals surface area contributed by atoms with Crippen molar-refractivity contribution in [3.8, 4) is 17.1 Å². The van der Waals surface area contributed by atoms with Gasteiger partial charge in [0.15, 0.2) is 0 Å². The molecule has 192 valence electrons. The summed E-state index contributed by atoms with van der Waals surface area (Å²) in [7, 11) is 2.01. The minimum atomic E-state index is -0.943. The van der Waals surface area contributed by atoms with Gasteiger partial charge in [0.1, 0.15) is 23.7 Å². The van der Waals surface area contributed by atoms with E-state index in [1.54, 1.807) is 12.1 Å². The van der Waals surface area contributed by atoms with Crippen LogP contribution >= 0.6 is 0 Å². The maximum Gasteiger partial charge on any atom is 0.305 e. The molecule has 0 bridgehead atoms. The number of carbonyl (C=O) groups is 2. The van der Waals surface area contributed by atoms with Crippen molar-refractivity contribution in [2.45, 2.75) is 26.3 Å². The van der Waals surface area contributed by atoms with E-state index < -0.39 is 5.97 Å². The lowest BCUT2D eigenvalue weighted by atomic mass is 10.0. The standard InChI is InChI=1S/C30H32N2O5/c1-20(2)26(32(3)24-12-8-22(9-13-24)30(35)31-17-16-29(33)34)19-36-25-14-10-21(11-15-25)28-18-23-6-4-5-7-27(23)37-28/h4-15,18,20,26H,16-17,19H2,1-3H3,(H,31,35)(H,33,34). The van der Waals surface area contributed by atoms with Crippen molar-refractivity contribution in [2.75, 3.05) is 25.1 Å². The number of para-hydroxylation sites is 1. The second kappa shape index (κ2) is 11.6. The summed E-state index contributed by atoms with van der Waals surface area (Å²) in [5.74, 6) is 0.698. The van der Waals surface area contributed by atoms with E-state index in [0.29, 0.717) is 18.1 Å². The fourth-order valence-electron chi connectivity index (χ4n) is 4.20. The number of nitrogens with zero attached hydrogens (tertiary/aromatic N) is 1. The molecule has 1 unspecified atom stereocenters. The van der Waals surface area contributed by atoms with Crippen LogP contribution in [0, 0.1) is 5.92 Å². The molecule has 7 nitrogen and oxygen atoms in total. The molecule has 1 aromatic heterocycles. The average Bonchev–Trinajstić information content (AvgIpc) is 3.33. The third-order valence-corrected chi connectivity index (χ3v) is 6.41. The number of nitrogens with one attached hydrogen (secondary N) is 1. The Morgan fingerprint density at radius 2 is 1.70 bits per heavy atom. The van der Waals surface area contributed by atoms with Crippen molar-refractivity contribution >= 4 is 28.5 Å². The summed E-state index contributed by atoms with van der Waals surface area (Å²) in [4.78, 5) is 25.0. The maximum atomic E-state index is 12.2. The Balaban J connectivity index is 1.37. The molecule has 4 rings (SSSR count). The van der Waals surface area contributed by atoms with Gasteiger partial charge in [-0.15, -0.1) is 0 Å². The number of hydrogen-bond acceptors (Lipinski definition) is 5. The molecule has 0 fully saturated rings. The van der Waals surface area contributed by atoms with Crippen LogP contribution in [0.25, 0.3) is 22.3 Å². The Kier molecular flexibility index (Phi) is 8.13. The molecule has 0 aliphatic heterocycles. The van der Waals surface area contributed by atoms with Crippen molar-refractivity contribution in [1.29, 1.82) is 0 Å². The highest BCUT2D eigenvalue weighted by Gasteiger charge is 2.21. The lowest BCUT2D eigenvalue weighted by Gasteiger charge is -2.33. The van der Waals surface area contributed by atoms with Gasteiger partial charge >= 0.3 is 5.97 Å². The minimum Gasteiger partial charge on any atom is -0.491 e. The van der Waals surface area contributed by atoms with Gasteiger partial charge < -0.3 is 24.5 Å². The van der Waals surface area contributed by atoms with Crippen molar-refractivity contribution in [1.82, 2.24) is 5.32 Å². The number of carbonyl (C=O) groups excluding carboxylic acids is 1. The van der Waals surface area contributed by atoms with Crippen LogP contribution in [0.3, 0.4) is 0 Å². The number of amides is 1. The van der Waals surface area contributed by atoms with Gasteiger partial charge in [-0.2, -0.15) is 0 Å². The molecule has 0 aliphatic carbocycles. The quantitative estimate of drug-likeness (QED) is 0.269. The third-order valence-electron chi connectivity index (χ3n) is 6.41. The monoisotopic (exact) mass is 500 g/mol. The SMILES string of the molecule is CC(C)C(COc1ccc(-c2cc3ccccc3o2)cc1)N(C)c1ccc(C(=O)NCCC(=O)O)cc1. The number of carboxylic acid groups (broad SMARTS) is 1. The van der Waals surface area contributed by atoms with Crippen LogP contribution in [-0.2, 0) is 4.79 Å². The van der Waals surface area contributed by atoms with E-state index in [-0.39, 0.29) is 24.9 Å². The van der Waals surface area contributed by atoms with E-state index in [2.05, 4.69) is 24.1 Å². The summed E-state index contributed by atoms with van der Waals surface area (Å²) in [6, 6.07) is 25.3. The lowest BCUT2D eigenvalue weighted by molar-refractivity contribution is -0.136. The average molecular weight is 501 g/mol. The van der Waals surface area contributed by atoms with Crippen LogP contribution in [-0.4, -0.2) is 43.2 Å². The van der Waals surface area contributed by atoms with Gasteiger partial charge in [0, 0.05) is 35.8 Å². The Hall–Kier alpha value is -4.26. The highest BCUT2D eigenvalue weighted by atomic mass is 16.5. The van der Waals surface area contributed by atoms with E-state index in [9.17, 15) is 9.59 Å². The van der Waals surface area contributed by atoms with E-state index in [4.69, 9.17) is 14.3 Å². The molecule has 37 heavy (non-hydrogen) atoms. The van der Waals surface area contributed by atoms with Gasteiger partial charge in [-0.25, -0.2) is 0 Å². The molecule has 0 radical (unpaired) electrons. The van der Waals surface area contributed by atoms with E-state index >= 15 is 0 Å². The molecule has 1 amide bonds. The predicted molar refractivity (Wildman–Crippen MR) is 145 cm³/mol. The summed E-state index contributed by atoms with van der Waals surface area (Å²) >= 11 is 0. The second-order valence-corrected chi connectivity index (χ2v) is 9.35. The number of anilines is 1. The lowest BCUT2D eigenvalue weighted by Crippen LogP contribution is -2.40. The van der Waals surface area contributed by atoms with E-state index in [1.807, 2.05) is 73.8 Å². The number of carboxylic acids is 1. The molecule has 1 atom stereocenters. The molecule has 7 heteroatoms. The van der Waals surface area contributed by atoms with Crippen molar-refractivity contribution in [3.05, 3.63) is 84.4 Å². The molecular formula is C30H32N2O5. The number of benzene rings is 3. The first-order chi connectivity index (χ1) is 17.8. The number of rotatable bonds is 11. The molecule has 0 saturated carbocycles. The first kappa shape index (κ1) is 25.8. The number of hydrogen-bond donors (Lipinski definition) is 2. The number of aliphatic carboxylic acids is 1. The Bertz CT molecular complexity index is 1310. The zero-order valence-electron chi connectivity index (χ0n) is 21.3. The zero-order valence-corrected chi connectivity index (χ0v) is 21.3.